The SMILES string of the molecule is C.CC(C)(C)OC(=O)C1CC(Cc2nc3cc(/C=N/O)ccc3c(=O)n2-c2ccc(F)cc2)C1.CC(C)(C)OC(=O)C1CC(Cc2nc3cc(C=O)ccc3c(=O)n2-c2ccc(F)cc2)C1.Cl.NO. The molecule has 0 saturated heterocycles. The van der Waals surface area contributed by atoms with Gasteiger partial charge in [0, 0.05) is 18.4 Å². The van der Waals surface area contributed by atoms with Gasteiger partial charge in [0.15, 0.2) is 0 Å². The van der Waals surface area contributed by atoms with E-state index in [0.29, 0.717) is 101 Å². The number of nitrogens with zero attached hydrogens (tertiary/aromatic N) is 5. The summed E-state index contributed by atoms with van der Waals surface area (Å²) in [6.07, 6.45) is 5.56. The van der Waals surface area contributed by atoms with Gasteiger partial charge in [-0.1, -0.05) is 24.7 Å². The zero-order valence-corrected chi connectivity index (χ0v) is 39.3. The lowest BCUT2D eigenvalue weighted by Gasteiger charge is -2.35. The van der Waals surface area contributed by atoms with Gasteiger partial charge in [-0.05, 0) is 157 Å². The van der Waals surface area contributed by atoms with Crippen LogP contribution in [0.3, 0.4) is 0 Å². The van der Waals surface area contributed by atoms with Crippen molar-refractivity contribution in [3.05, 3.63) is 140 Å². The largest absolute Gasteiger partial charge is 0.460 e. The number of oxime groups is 1. The topological polar surface area (TPSA) is 218 Å². The minimum atomic E-state index is -0.527. The van der Waals surface area contributed by atoms with Crippen molar-refractivity contribution in [1.29, 1.82) is 0 Å². The third-order valence-electron chi connectivity index (χ3n) is 11.3. The number of halogens is 3. The lowest BCUT2D eigenvalue weighted by atomic mass is 9.73. The normalized spacial score (nSPS) is 17.4. The van der Waals surface area contributed by atoms with Gasteiger partial charge in [0.1, 0.15) is 40.8 Å². The first-order valence-electron chi connectivity index (χ1n) is 21.8. The van der Waals surface area contributed by atoms with Crippen molar-refractivity contribution in [1.82, 2.24) is 19.1 Å². The van der Waals surface area contributed by atoms with Gasteiger partial charge < -0.3 is 19.9 Å². The zero-order valence-electron chi connectivity index (χ0n) is 38.5. The number of carbonyl (C=O) groups excluding carboxylic acids is 3. The van der Waals surface area contributed by atoms with Gasteiger partial charge in [0.25, 0.3) is 11.1 Å². The number of esters is 2. The summed E-state index contributed by atoms with van der Waals surface area (Å²) >= 11 is 0. The summed E-state index contributed by atoms with van der Waals surface area (Å²) in [7, 11) is 0. The molecule has 18 heteroatoms. The highest BCUT2D eigenvalue weighted by atomic mass is 35.5. The summed E-state index contributed by atoms with van der Waals surface area (Å²) in [6, 6.07) is 21.1. The number of carbonyl (C=O) groups is 3. The Morgan fingerprint density at radius 2 is 1.04 bits per heavy atom. The molecule has 2 aromatic heterocycles. The summed E-state index contributed by atoms with van der Waals surface area (Å²) < 4.78 is 40.9. The molecule has 368 valence electrons. The number of nitrogens with two attached hydrogens (primary N) is 1. The molecule has 2 saturated carbocycles. The zero-order chi connectivity index (χ0) is 48.8. The third kappa shape index (κ3) is 13.5. The van der Waals surface area contributed by atoms with E-state index < -0.39 is 22.8 Å². The van der Waals surface area contributed by atoms with E-state index in [1.807, 2.05) is 41.5 Å². The first kappa shape index (κ1) is 54.9. The second-order valence-electron chi connectivity index (χ2n) is 18.7. The number of benzene rings is 4. The van der Waals surface area contributed by atoms with Crippen molar-refractivity contribution < 1.29 is 43.1 Å². The maximum absolute atomic E-state index is 13.5. The molecule has 8 rings (SSSR count). The van der Waals surface area contributed by atoms with Gasteiger partial charge in [-0.25, -0.2) is 24.6 Å². The molecule has 0 aliphatic heterocycles. The van der Waals surface area contributed by atoms with Crippen LogP contribution in [0.5, 0.6) is 0 Å². The van der Waals surface area contributed by atoms with Crippen LogP contribution in [0.25, 0.3) is 33.2 Å². The van der Waals surface area contributed by atoms with Crippen molar-refractivity contribution in [3.63, 3.8) is 0 Å². The predicted octanol–water partition coefficient (Wildman–Crippen LogP) is 8.88. The van der Waals surface area contributed by atoms with E-state index in [4.69, 9.17) is 24.9 Å². The second kappa shape index (κ2) is 23.1. The Morgan fingerprint density at radius 1 is 0.681 bits per heavy atom. The molecule has 2 aliphatic carbocycles. The summed E-state index contributed by atoms with van der Waals surface area (Å²) in [5.74, 6) is 3.37. The van der Waals surface area contributed by atoms with Gasteiger partial charge in [-0.15, -0.1) is 12.4 Å². The molecular formula is C51H59ClF2N6O9. The first-order valence-corrected chi connectivity index (χ1v) is 21.8. The summed E-state index contributed by atoms with van der Waals surface area (Å²) in [5, 5.41) is 19.1. The maximum Gasteiger partial charge on any atom is 0.309 e. The molecule has 0 bridgehead atoms. The van der Waals surface area contributed by atoms with Crippen LogP contribution in [0.4, 0.5) is 8.78 Å². The van der Waals surface area contributed by atoms with Gasteiger partial charge in [-0.2, -0.15) is 0 Å². The Bertz CT molecular complexity index is 2920. The summed E-state index contributed by atoms with van der Waals surface area (Å²) in [6.45, 7) is 11.1. The lowest BCUT2D eigenvalue weighted by Crippen LogP contribution is -2.37. The second-order valence-corrected chi connectivity index (χ2v) is 18.7. The van der Waals surface area contributed by atoms with Crippen molar-refractivity contribution in [2.24, 2.45) is 34.7 Å². The van der Waals surface area contributed by atoms with Crippen LogP contribution < -0.4 is 17.0 Å². The van der Waals surface area contributed by atoms with Crippen molar-refractivity contribution in [2.75, 3.05) is 0 Å². The molecule has 0 unspecified atom stereocenters. The van der Waals surface area contributed by atoms with E-state index in [0.717, 1.165) is 0 Å². The molecule has 6 aromatic rings. The highest BCUT2D eigenvalue weighted by Crippen LogP contribution is 2.39. The van der Waals surface area contributed by atoms with Crippen molar-refractivity contribution >= 4 is 58.7 Å². The van der Waals surface area contributed by atoms with E-state index in [-0.39, 0.29) is 66.6 Å². The van der Waals surface area contributed by atoms with Gasteiger partial charge >= 0.3 is 11.9 Å². The minimum absolute atomic E-state index is 0. The fraction of sp³-hybridized carbons (Fsp3) is 0.373. The van der Waals surface area contributed by atoms with Crippen LogP contribution in [0, 0.1) is 35.3 Å². The predicted molar refractivity (Wildman–Crippen MR) is 261 cm³/mol. The fourth-order valence-corrected chi connectivity index (χ4v) is 8.18. The molecule has 0 radical (unpaired) electrons. The quantitative estimate of drug-likeness (QED) is 0.0386. The van der Waals surface area contributed by atoms with Crippen LogP contribution in [-0.2, 0) is 31.9 Å². The summed E-state index contributed by atoms with van der Waals surface area (Å²) in [4.78, 5) is 71.9. The molecule has 69 heavy (non-hydrogen) atoms. The van der Waals surface area contributed by atoms with Crippen LogP contribution in [-0.4, -0.2) is 65.2 Å². The standard InChI is InChI=1S/C25H26FN3O4.C25H25FN2O4.CH4.ClH.H3NO/c1-25(2,3)33-24(31)17-10-16(11-17)13-22-28-21-12-15(14-27-32)4-9-20(21)23(30)29(22)19-7-5-18(26)6-8-19;1-25(2,3)32-24(31)17-10-16(11-17)13-22-27-21-12-15(14-29)4-9-20(21)23(30)28(22)19-7-5-18(26)6-8-19;;;1-2/h4-9,12,14,16-17,32H,10-11,13H2,1-3H3;4-9,12,14,16-17H,10-11,13H2,1-3H3;1H4;1H;2H,1H2/b27-14+;;;;. The Labute approximate surface area is 404 Å². The maximum atomic E-state index is 13.5. The monoisotopic (exact) mass is 972 g/mol. The molecule has 0 amide bonds. The molecule has 4 N–H and O–H groups in total. The summed E-state index contributed by atoms with van der Waals surface area (Å²) in [5.41, 5.74) is 1.40. The number of fused-ring (bicyclic) bond motifs is 2. The third-order valence-corrected chi connectivity index (χ3v) is 11.3. The van der Waals surface area contributed by atoms with Crippen LogP contribution in [0.1, 0.15) is 102 Å². The van der Waals surface area contributed by atoms with E-state index >= 15 is 0 Å². The number of hydrogen-bond donors (Lipinski definition) is 3. The van der Waals surface area contributed by atoms with Crippen LogP contribution in [0.15, 0.2) is 99.7 Å². The molecule has 2 heterocycles. The Hall–Kier alpha value is -6.69. The lowest BCUT2D eigenvalue weighted by molar-refractivity contribution is -0.165. The highest BCUT2D eigenvalue weighted by molar-refractivity contribution is 5.88. The minimum Gasteiger partial charge on any atom is -0.460 e. The van der Waals surface area contributed by atoms with E-state index in [1.54, 1.807) is 48.5 Å². The molecule has 15 nitrogen and oxygen atoms in total. The molecule has 4 aromatic carbocycles. The number of hydrogen-bond acceptors (Lipinski definition) is 13. The average Bonchev–Trinajstić information content (AvgIpc) is 3.23. The smallest absolute Gasteiger partial charge is 0.309 e. The Balaban J connectivity index is 0.000000282. The number of aromatic nitrogens is 4. The molecular weight excluding hydrogens is 914 g/mol. The van der Waals surface area contributed by atoms with E-state index in [1.165, 1.54) is 51.7 Å². The van der Waals surface area contributed by atoms with Crippen LogP contribution >= 0.6 is 12.4 Å². The van der Waals surface area contributed by atoms with Gasteiger partial charge in [-0.3, -0.25) is 33.1 Å². The number of ether oxygens (including phenoxy) is 2. The molecule has 2 aliphatic rings. The molecule has 0 atom stereocenters. The number of rotatable bonds is 10. The highest BCUT2D eigenvalue weighted by Gasteiger charge is 2.39. The average molecular weight is 974 g/mol. The van der Waals surface area contributed by atoms with Gasteiger partial charge in [0.2, 0.25) is 0 Å². The van der Waals surface area contributed by atoms with Crippen LogP contribution in [0.2, 0.25) is 0 Å². The molecule has 2 fully saturated rings. The molecule has 0 spiro atoms. The Kier molecular flexibility index (Phi) is 18.4. The van der Waals surface area contributed by atoms with Gasteiger partial charge in [0.05, 0.1) is 51.2 Å². The fourth-order valence-electron chi connectivity index (χ4n) is 8.18. The number of aldehydes is 1. The van der Waals surface area contributed by atoms with E-state index in [9.17, 15) is 32.8 Å². The first-order chi connectivity index (χ1) is 31.8. The van der Waals surface area contributed by atoms with Crippen molar-refractivity contribution in [3.8, 4) is 11.4 Å². The van der Waals surface area contributed by atoms with Crippen molar-refractivity contribution in [2.45, 2.75) is 98.7 Å². The van der Waals surface area contributed by atoms with E-state index in [2.05, 4.69) is 16.0 Å². The Morgan fingerprint density at radius 3 is 1.39 bits per heavy atom.